The van der Waals surface area contributed by atoms with Crippen molar-refractivity contribution in [2.75, 3.05) is 39.3 Å². The molecule has 0 atom stereocenters. The second-order valence-electron chi connectivity index (χ2n) is 6.07. The molecule has 4 nitrogen and oxygen atoms in total. The van der Waals surface area contributed by atoms with Crippen molar-refractivity contribution in [3.63, 3.8) is 0 Å². The maximum Gasteiger partial charge on any atom is 0.0443 e. The molecular weight excluding hydrogens is 262 g/mol. The lowest BCUT2D eigenvalue weighted by Crippen LogP contribution is -2.58. The van der Waals surface area contributed by atoms with E-state index in [1.807, 2.05) is 0 Å². The van der Waals surface area contributed by atoms with E-state index in [0.29, 0.717) is 6.54 Å². The molecule has 1 heterocycles. The molecule has 4 heteroatoms. The molecule has 0 amide bonds. The number of benzene rings is 1. The van der Waals surface area contributed by atoms with E-state index in [0.717, 1.165) is 51.9 Å². The molecular formula is C17H29N3O. The van der Waals surface area contributed by atoms with E-state index in [2.05, 4.69) is 40.5 Å². The van der Waals surface area contributed by atoms with Gasteiger partial charge in [-0.25, -0.2) is 0 Å². The van der Waals surface area contributed by atoms with Gasteiger partial charge >= 0.3 is 0 Å². The summed E-state index contributed by atoms with van der Waals surface area (Å²) in [6, 6.07) is 10.7. The molecule has 21 heavy (non-hydrogen) atoms. The maximum atomic E-state index is 8.89. The number of nitrogens with one attached hydrogen (secondary N) is 1. The second kappa shape index (κ2) is 8.49. The van der Waals surface area contributed by atoms with Crippen molar-refractivity contribution in [1.82, 2.24) is 10.2 Å². The van der Waals surface area contributed by atoms with Crippen LogP contribution in [0.25, 0.3) is 0 Å². The van der Waals surface area contributed by atoms with Crippen LogP contribution < -0.4 is 11.1 Å². The van der Waals surface area contributed by atoms with Crippen molar-refractivity contribution >= 4 is 0 Å². The van der Waals surface area contributed by atoms with E-state index in [-0.39, 0.29) is 12.1 Å². The van der Waals surface area contributed by atoms with Crippen molar-refractivity contribution in [3.8, 4) is 0 Å². The van der Waals surface area contributed by atoms with Gasteiger partial charge < -0.3 is 21.1 Å². The molecule has 0 bridgehead atoms. The van der Waals surface area contributed by atoms with Gasteiger partial charge in [-0.05, 0) is 50.9 Å². The van der Waals surface area contributed by atoms with Crippen LogP contribution in [-0.4, -0.2) is 54.9 Å². The summed E-state index contributed by atoms with van der Waals surface area (Å²) in [5.41, 5.74) is 7.48. The Morgan fingerprint density at radius 1 is 1.19 bits per heavy atom. The summed E-state index contributed by atoms with van der Waals surface area (Å²) >= 11 is 0. The van der Waals surface area contributed by atoms with Crippen molar-refractivity contribution in [1.29, 1.82) is 0 Å². The number of hydrogen-bond acceptors (Lipinski definition) is 4. The van der Waals surface area contributed by atoms with Crippen LogP contribution in [0, 0.1) is 0 Å². The van der Waals surface area contributed by atoms with Crippen LogP contribution in [0.1, 0.15) is 24.8 Å². The Labute approximate surface area is 128 Å². The van der Waals surface area contributed by atoms with Gasteiger partial charge in [0.15, 0.2) is 0 Å². The highest BCUT2D eigenvalue weighted by Gasteiger charge is 2.32. The SMILES string of the molecule is NCC1(NCCCO)CCN(CCc2ccccc2)CC1. The molecule has 0 saturated carbocycles. The largest absolute Gasteiger partial charge is 0.396 e. The maximum absolute atomic E-state index is 8.89. The van der Waals surface area contributed by atoms with E-state index in [4.69, 9.17) is 10.8 Å². The first-order valence-electron chi connectivity index (χ1n) is 8.10. The number of piperidine rings is 1. The van der Waals surface area contributed by atoms with Crippen LogP contribution in [0.3, 0.4) is 0 Å². The van der Waals surface area contributed by atoms with Gasteiger partial charge in [0.05, 0.1) is 0 Å². The predicted octanol–water partition coefficient (Wildman–Crippen LogP) is 0.994. The first kappa shape index (κ1) is 16.4. The van der Waals surface area contributed by atoms with Crippen molar-refractivity contribution in [2.45, 2.75) is 31.2 Å². The third kappa shape index (κ3) is 5.08. The summed E-state index contributed by atoms with van der Waals surface area (Å²) in [7, 11) is 0. The average molecular weight is 291 g/mol. The van der Waals surface area contributed by atoms with Gasteiger partial charge in [-0.15, -0.1) is 0 Å². The number of hydrogen-bond donors (Lipinski definition) is 3. The zero-order valence-electron chi connectivity index (χ0n) is 12.9. The summed E-state index contributed by atoms with van der Waals surface area (Å²) in [5.74, 6) is 0. The Bertz CT molecular complexity index is 388. The van der Waals surface area contributed by atoms with Crippen LogP contribution >= 0.6 is 0 Å². The lowest BCUT2D eigenvalue weighted by molar-refractivity contribution is 0.138. The summed E-state index contributed by atoms with van der Waals surface area (Å²) in [5, 5.41) is 12.5. The summed E-state index contributed by atoms with van der Waals surface area (Å²) in [4.78, 5) is 2.54. The molecule has 4 N–H and O–H groups in total. The van der Waals surface area contributed by atoms with E-state index in [9.17, 15) is 0 Å². The van der Waals surface area contributed by atoms with Crippen molar-refractivity contribution in [3.05, 3.63) is 35.9 Å². The second-order valence-corrected chi connectivity index (χ2v) is 6.07. The fourth-order valence-corrected chi connectivity index (χ4v) is 3.02. The number of aliphatic hydroxyl groups is 1. The first-order valence-corrected chi connectivity index (χ1v) is 8.10. The van der Waals surface area contributed by atoms with Gasteiger partial charge in [-0.2, -0.15) is 0 Å². The predicted molar refractivity (Wildman–Crippen MR) is 87.3 cm³/mol. The van der Waals surface area contributed by atoms with Crippen molar-refractivity contribution in [2.24, 2.45) is 5.73 Å². The van der Waals surface area contributed by atoms with Gasteiger partial charge in [-0.3, -0.25) is 0 Å². The molecule has 1 aliphatic heterocycles. The van der Waals surface area contributed by atoms with Gasteiger partial charge in [0.2, 0.25) is 0 Å². The standard InChI is InChI=1S/C17H29N3O/c18-15-17(19-10-4-14-21)8-12-20(13-9-17)11-7-16-5-2-1-3-6-16/h1-3,5-6,19,21H,4,7-15,18H2. The molecule has 0 aliphatic carbocycles. The molecule has 0 aromatic heterocycles. The topological polar surface area (TPSA) is 61.5 Å². The van der Waals surface area contributed by atoms with Crippen LogP contribution in [0.2, 0.25) is 0 Å². The van der Waals surface area contributed by atoms with E-state index >= 15 is 0 Å². The molecule has 1 fully saturated rings. The Morgan fingerprint density at radius 2 is 1.90 bits per heavy atom. The van der Waals surface area contributed by atoms with Crippen LogP contribution in [0.15, 0.2) is 30.3 Å². The lowest BCUT2D eigenvalue weighted by Gasteiger charge is -2.42. The number of likely N-dealkylation sites (tertiary alicyclic amines) is 1. The normalized spacial score (nSPS) is 18.8. The molecule has 118 valence electrons. The average Bonchev–Trinajstić information content (AvgIpc) is 2.55. The highest BCUT2D eigenvalue weighted by atomic mass is 16.3. The van der Waals surface area contributed by atoms with Crippen molar-refractivity contribution < 1.29 is 5.11 Å². The molecule has 2 rings (SSSR count). The molecule has 1 saturated heterocycles. The van der Waals surface area contributed by atoms with Crippen LogP contribution in [0.5, 0.6) is 0 Å². The fraction of sp³-hybridized carbons (Fsp3) is 0.647. The minimum absolute atomic E-state index is 0.0818. The molecule has 0 radical (unpaired) electrons. The number of nitrogens with two attached hydrogens (primary N) is 1. The highest BCUT2D eigenvalue weighted by molar-refractivity contribution is 5.14. The zero-order chi connectivity index (χ0) is 15.0. The van der Waals surface area contributed by atoms with Gasteiger partial charge in [0.1, 0.15) is 0 Å². The quantitative estimate of drug-likeness (QED) is 0.625. The third-order valence-corrected chi connectivity index (χ3v) is 4.60. The molecule has 0 unspecified atom stereocenters. The summed E-state index contributed by atoms with van der Waals surface area (Å²) < 4.78 is 0. The Balaban J connectivity index is 1.73. The Hall–Kier alpha value is -0.940. The lowest BCUT2D eigenvalue weighted by atomic mass is 9.87. The molecule has 0 spiro atoms. The fourth-order valence-electron chi connectivity index (χ4n) is 3.02. The third-order valence-electron chi connectivity index (χ3n) is 4.60. The number of nitrogens with zero attached hydrogens (tertiary/aromatic N) is 1. The molecule has 1 aromatic carbocycles. The number of aliphatic hydroxyl groups excluding tert-OH is 1. The van der Waals surface area contributed by atoms with Gasteiger partial charge in [0, 0.05) is 25.2 Å². The van der Waals surface area contributed by atoms with Gasteiger partial charge in [0.25, 0.3) is 0 Å². The monoisotopic (exact) mass is 291 g/mol. The van der Waals surface area contributed by atoms with E-state index in [1.165, 1.54) is 5.56 Å². The number of rotatable bonds is 8. The van der Waals surface area contributed by atoms with Crippen LogP contribution in [0.4, 0.5) is 0 Å². The minimum Gasteiger partial charge on any atom is -0.396 e. The molecule has 1 aromatic rings. The van der Waals surface area contributed by atoms with Gasteiger partial charge in [-0.1, -0.05) is 30.3 Å². The minimum atomic E-state index is 0.0818. The Morgan fingerprint density at radius 3 is 2.52 bits per heavy atom. The Kier molecular flexibility index (Phi) is 6.64. The van der Waals surface area contributed by atoms with E-state index < -0.39 is 0 Å². The molecule has 1 aliphatic rings. The van der Waals surface area contributed by atoms with E-state index in [1.54, 1.807) is 0 Å². The first-order chi connectivity index (χ1) is 10.3. The highest BCUT2D eigenvalue weighted by Crippen LogP contribution is 2.21. The van der Waals surface area contributed by atoms with Crippen LogP contribution in [-0.2, 0) is 6.42 Å². The zero-order valence-corrected chi connectivity index (χ0v) is 12.9. The summed E-state index contributed by atoms with van der Waals surface area (Å²) in [6.07, 6.45) is 4.13. The smallest absolute Gasteiger partial charge is 0.0443 e. The summed E-state index contributed by atoms with van der Waals surface area (Å²) in [6.45, 7) is 5.13.